The number of ketones is 1. The van der Waals surface area contributed by atoms with Crippen molar-refractivity contribution in [2.75, 3.05) is 13.4 Å². The summed E-state index contributed by atoms with van der Waals surface area (Å²) in [5.41, 5.74) is 0.477. The lowest BCUT2D eigenvalue weighted by molar-refractivity contribution is -0.136. The number of hydrogen-bond acceptors (Lipinski definition) is 4. The largest absolute Gasteiger partial charge is 0.497 e. The average molecular weight is 254 g/mol. The summed E-state index contributed by atoms with van der Waals surface area (Å²) < 4.78 is 5.01. The third-order valence-corrected chi connectivity index (χ3v) is 3.26. The molecule has 92 valence electrons. The van der Waals surface area contributed by atoms with Crippen LogP contribution in [-0.2, 0) is 4.79 Å². The number of hydrogen-bond donors (Lipinski definition) is 1. The van der Waals surface area contributed by atoms with Gasteiger partial charge in [0.15, 0.2) is 5.78 Å². The van der Waals surface area contributed by atoms with E-state index in [1.807, 2.05) is 0 Å². The van der Waals surface area contributed by atoms with Crippen LogP contribution in [-0.4, -0.2) is 35.5 Å². The third kappa shape index (κ3) is 3.78. The quantitative estimate of drug-likeness (QED) is 0.787. The monoisotopic (exact) mass is 254 g/mol. The van der Waals surface area contributed by atoms with Crippen LogP contribution in [0.5, 0.6) is 5.75 Å². The highest BCUT2D eigenvalue weighted by Crippen LogP contribution is 2.18. The molecule has 17 heavy (non-hydrogen) atoms. The molecule has 0 spiro atoms. The zero-order chi connectivity index (χ0) is 12.8. The molecule has 4 nitrogen and oxygen atoms in total. The predicted molar refractivity (Wildman–Crippen MR) is 66.9 cm³/mol. The summed E-state index contributed by atoms with van der Waals surface area (Å²) in [5, 5.41) is 8.17. The van der Waals surface area contributed by atoms with Crippen molar-refractivity contribution in [3.8, 4) is 5.75 Å². The van der Waals surface area contributed by atoms with Crippen LogP contribution in [0.25, 0.3) is 0 Å². The van der Waals surface area contributed by atoms with Crippen LogP contribution < -0.4 is 4.74 Å². The smallest absolute Gasteiger partial charge is 0.317 e. The second kappa shape index (κ2) is 6.30. The predicted octanol–water partition coefficient (Wildman–Crippen LogP) is 2.08. The average Bonchev–Trinajstić information content (AvgIpc) is 2.35. The van der Waals surface area contributed by atoms with Gasteiger partial charge >= 0.3 is 5.97 Å². The molecular weight excluding hydrogens is 240 g/mol. The van der Waals surface area contributed by atoms with Crippen molar-refractivity contribution < 1.29 is 19.4 Å². The topological polar surface area (TPSA) is 63.6 Å². The lowest BCUT2D eigenvalue weighted by Gasteiger charge is -2.08. The fourth-order valence-corrected chi connectivity index (χ4v) is 1.87. The Labute approximate surface area is 104 Å². The number of aliphatic carboxylic acids is 1. The highest BCUT2D eigenvalue weighted by molar-refractivity contribution is 7.99. The van der Waals surface area contributed by atoms with Gasteiger partial charge in [0, 0.05) is 12.0 Å². The Bertz CT molecular complexity index is 417. The fourth-order valence-electron chi connectivity index (χ4n) is 1.35. The number of ether oxygens (including phenoxy) is 1. The number of carbonyl (C=O) groups is 2. The Morgan fingerprint density at radius 2 is 2.18 bits per heavy atom. The molecular formula is C12H14O4S. The minimum Gasteiger partial charge on any atom is -0.497 e. The van der Waals surface area contributed by atoms with E-state index in [0.29, 0.717) is 11.3 Å². The first-order valence-corrected chi connectivity index (χ1v) is 6.30. The first kappa shape index (κ1) is 13.6. The van der Waals surface area contributed by atoms with Gasteiger partial charge in [0.25, 0.3) is 0 Å². The Hall–Kier alpha value is -1.49. The first-order valence-electron chi connectivity index (χ1n) is 5.01. The maximum Gasteiger partial charge on any atom is 0.317 e. The fraction of sp³-hybridized carbons (Fsp3) is 0.333. The minimum atomic E-state index is -0.964. The van der Waals surface area contributed by atoms with Crippen molar-refractivity contribution in [3.05, 3.63) is 29.8 Å². The summed E-state index contributed by atoms with van der Waals surface area (Å²) in [7, 11) is 1.52. The van der Waals surface area contributed by atoms with Crippen LogP contribution in [0, 0.1) is 0 Å². The number of carbonyl (C=O) groups excluding carboxylic acids is 1. The number of benzene rings is 1. The Morgan fingerprint density at radius 3 is 2.71 bits per heavy atom. The van der Waals surface area contributed by atoms with Gasteiger partial charge in [-0.15, -0.1) is 11.8 Å². The van der Waals surface area contributed by atoms with Crippen LogP contribution in [0.3, 0.4) is 0 Å². The van der Waals surface area contributed by atoms with Gasteiger partial charge in [0.05, 0.1) is 7.11 Å². The summed E-state index contributed by atoms with van der Waals surface area (Å²) in [6.07, 6.45) is 1.67. The van der Waals surface area contributed by atoms with Gasteiger partial charge < -0.3 is 9.84 Å². The minimum absolute atomic E-state index is 0.0103. The van der Waals surface area contributed by atoms with Crippen molar-refractivity contribution in [2.45, 2.75) is 11.7 Å². The van der Waals surface area contributed by atoms with Crippen LogP contribution in [0.4, 0.5) is 0 Å². The van der Waals surface area contributed by atoms with E-state index in [1.54, 1.807) is 30.5 Å². The lowest BCUT2D eigenvalue weighted by atomic mass is 10.1. The zero-order valence-corrected chi connectivity index (χ0v) is 10.5. The van der Waals surface area contributed by atoms with Crippen molar-refractivity contribution in [1.29, 1.82) is 0 Å². The summed E-state index contributed by atoms with van der Waals surface area (Å²) in [6, 6.07) is 6.71. The summed E-state index contributed by atoms with van der Waals surface area (Å²) in [4.78, 5) is 22.7. The number of methoxy groups -OCH3 is 1. The number of thioether (sulfide) groups is 1. The van der Waals surface area contributed by atoms with E-state index in [9.17, 15) is 9.59 Å². The van der Waals surface area contributed by atoms with Crippen LogP contribution in [0.1, 0.15) is 16.8 Å². The van der Waals surface area contributed by atoms with E-state index in [2.05, 4.69) is 0 Å². The molecule has 0 aliphatic carbocycles. The standard InChI is InChI=1S/C12H14O4S/c1-16-9-5-3-4-8(6-9)10(13)7-11(17-2)12(14)15/h3-6,11H,7H2,1-2H3,(H,14,15). The molecule has 1 atom stereocenters. The highest BCUT2D eigenvalue weighted by Gasteiger charge is 2.20. The van der Waals surface area contributed by atoms with Crippen molar-refractivity contribution >= 4 is 23.5 Å². The lowest BCUT2D eigenvalue weighted by Crippen LogP contribution is -2.20. The molecule has 0 amide bonds. The molecule has 0 heterocycles. The molecule has 1 N–H and O–H groups in total. The molecule has 0 fully saturated rings. The van der Waals surface area contributed by atoms with E-state index in [1.165, 1.54) is 7.11 Å². The third-order valence-electron chi connectivity index (χ3n) is 2.32. The first-order chi connectivity index (χ1) is 8.08. The molecule has 1 aromatic carbocycles. The molecule has 0 saturated carbocycles. The van der Waals surface area contributed by atoms with E-state index < -0.39 is 11.2 Å². The molecule has 0 aliphatic heterocycles. The van der Waals surface area contributed by atoms with Gasteiger partial charge in [-0.05, 0) is 18.4 Å². The van der Waals surface area contributed by atoms with Gasteiger partial charge in [0.1, 0.15) is 11.0 Å². The van der Waals surface area contributed by atoms with Crippen LogP contribution in [0.2, 0.25) is 0 Å². The Kier molecular flexibility index (Phi) is 5.03. The van der Waals surface area contributed by atoms with Gasteiger partial charge in [-0.3, -0.25) is 9.59 Å². The Balaban J connectivity index is 2.78. The van der Waals surface area contributed by atoms with E-state index in [0.717, 1.165) is 11.8 Å². The van der Waals surface area contributed by atoms with Crippen LogP contribution in [0.15, 0.2) is 24.3 Å². The Morgan fingerprint density at radius 1 is 1.47 bits per heavy atom. The SMILES string of the molecule is COc1cccc(C(=O)CC(SC)C(=O)O)c1. The molecule has 1 unspecified atom stereocenters. The second-order valence-corrected chi connectivity index (χ2v) is 4.46. The summed E-state index contributed by atoms with van der Waals surface area (Å²) in [5.74, 6) is -0.564. The molecule has 1 aromatic rings. The summed E-state index contributed by atoms with van der Waals surface area (Å²) in [6.45, 7) is 0. The van der Waals surface area contributed by atoms with Gasteiger partial charge in [0.2, 0.25) is 0 Å². The molecule has 0 aromatic heterocycles. The maximum atomic E-state index is 11.9. The highest BCUT2D eigenvalue weighted by atomic mass is 32.2. The number of carboxylic acids is 1. The van der Waals surface area contributed by atoms with Crippen molar-refractivity contribution in [3.63, 3.8) is 0 Å². The second-order valence-electron chi connectivity index (χ2n) is 3.42. The summed E-state index contributed by atoms with van der Waals surface area (Å²) >= 11 is 1.16. The van der Waals surface area contributed by atoms with Crippen molar-refractivity contribution in [2.24, 2.45) is 0 Å². The molecule has 5 heteroatoms. The van der Waals surface area contributed by atoms with Gasteiger partial charge in [-0.2, -0.15) is 0 Å². The number of Topliss-reactive ketones (excluding diaryl/α,β-unsaturated/α-hetero) is 1. The van der Waals surface area contributed by atoms with E-state index in [4.69, 9.17) is 9.84 Å². The molecule has 0 radical (unpaired) electrons. The molecule has 0 saturated heterocycles. The number of rotatable bonds is 6. The normalized spacial score (nSPS) is 11.9. The molecule has 1 rings (SSSR count). The molecule has 0 aliphatic rings. The maximum absolute atomic E-state index is 11.9. The molecule has 0 bridgehead atoms. The van der Waals surface area contributed by atoms with E-state index in [-0.39, 0.29) is 12.2 Å². The van der Waals surface area contributed by atoms with E-state index >= 15 is 0 Å². The zero-order valence-electron chi connectivity index (χ0n) is 9.67. The number of carboxylic acid groups (broad SMARTS) is 1. The van der Waals surface area contributed by atoms with Crippen LogP contribution >= 0.6 is 11.8 Å². The van der Waals surface area contributed by atoms with Gasteiger partial charge in [-0.1, -0.05) is 12.1 Å². The van der Waals surface area contributed by atoms with Gasteiger partial charge in [-0.25, -0.2) is 0 Å². The van der Waals surface area contributed by atoms with Crippen molar-refractivity contribution in [1.82, 2.24) is 0 Å².